The molecule has 0 N–H and O–H groups in total. The topological polar surface area (TPSA) is 30.2 Å². The molecule has 0 aliphatic carbocycles. The monoisotopic (exact) mass is 164 g/mol. The van der Waals surface area contributed by atoms with Crippen molar-refractivity contribution in [3.8, 4) is 0 Å². The lowest BCUT2D eigenvalue weighted by Crippen LogP contribution is -1.79. The van der Waals surface area contributed by atoms with Crippen LogP contribution in [0.25, 0.3) is 6.08 Å². The maximum atomic E-state index is 10.4. The predicted molar refractivity (Wildman–Crippen MR) is 47.8 cm³/mol. The Morgan fingerprint density at radius 2 is 2.33 bits per heavy atom. The second kappa shape index (κ2) is 3.90. The van der Waals surface area contributed by atoms with Gasteiger partial charge in [0.1, 0.15) is 17.8 Å². The highest BCUT2D eigenvalue weighted by Gasteiger charge is 1.96. The fourth-order valence-corrected chi connectivity index (χ4v) is 0.933. The number of hydrogen-bond donors (Lipinski definition) is 0. The van der Waals surface area contributed by atoms with Gasteiger partial charge in [-0.15, -0.1) is 0 Å². The van der Waals surface area contributed by atoms with E-state index in [0.29, 0.717) is 0 Å². The zero-order chi connectivity index (χ0) is 8.97. The number of allylic oxidation sites excluding steroid dienone is 1. The Balaban J connectivity index is 2.85. The molecule has 0 aromatic carbocycles. The quantitative estimate of drug-likeness (QED) is 0.507. The molecule has 0 saturated carbocycles. The van der Waals surface area contributed by atoms with Gasteiger partial charge in [-0.1, -0.05) is 6.92 Å². The van der Waals surface area contributed by atoms with Gasteiger partial charge >= 0.3 is 0 Å². The van der Waals surface area contributed by atoms with Crippen molar-refractivity contribution in [1.82, 2.24) is 0 Å². The minimum atomic E-state index is 0.739. The van der Waals surface area contributed by atoms with Gasteiger partial charge in [0, 0.05) is 0 Å². The lowest BCUT2D eigenvalue weighted by atomic mass is 10.2. The number of carbonyl (C=O) groups is 1. The molecule has 1 aromatic rings. The van der Waals surface area contributed by atoms with Crippen LogP contribution in [0.4, 0.5) is 0 Å². The highest BCUT2D eigenvalue weighted by Crippen LogP contribution is 2.11. The molecule has 0 saturated heterocycles. The molecule has 0 spiro atoms. The molecule has 0 radical (unpaired) electrons. The highest BCUT2D eigenvalue weighted by molar-refractivity contribution is 5.80. The Morgan fingerprint density at radius 1 is 1.58 bits per heavy atom. The lowest BCUT2D eigenvalue weighted by molar-refractivity contribution is -0.104. The zero-order valence-electron chi connectivity index (χ0n) is 7.33. The summed E-state index contributed by atoms with van der Waals surface area (Å²) in [5, 5.41) is 0. The summed E-state index contributed by atoms with van der Waals surface area (Å²) in [6.45, 7) is 3.82. The highest BCUT2D eigenvalue weighted by atomic mass is 16.3. The molecule has 1 heterocycles. The fourth-order valence-electron chi connectivity index (χ4n) is 0.933. The van der Waals surface area contributed by atoms with Gasteiger partial charge in [0.25, 0.3) is 0 Å². The molecule has 0 bridgehead atoms. The first kappa shape index (κ1) is 8.78. The molecule has 2 heteroatoms. The van der Waals surface area contributed by atoms with E-state index in [2.05, 4.69) is 0 Å². The van der Waals surface area contributed by atoms with Gasteiger partial charge in [-0.05, 0) is 37.1 Å². The van der Waals surface area contributed by atoms with Crippen molar-refractivity contribution in [3.63, 3.8) is 0 Å². The minimum Gasteiger partial charge on any atom is -0.462 e. The van der Waals surface area contributed by atoms with E-state index < -0.39 is 0 Å². The molecule has 0 fully saturated rings. The van der Waals surface area contributed by atoms with Crippen LogP contribution in [0.2, 0.25) is 0 Å². The SMILES string of the molecule is CC/C(C=O)=C/c1ccc(C)o1. The number of furan rings is 1. The molecular formula is C10H12O2. The summed E-state index contributed by atoms with van der Waals surface area (Å²) in [6, 6.07) is 3.73. The summed E-state index contributed by atoms with van der Waals surface area (Å²) in [5.41, 5.74) is 0.754. The maximum Gasteiger partial charge on any atom is 0.146 e. The lowest BCUT2D eigenvalue weighted by Gasteiger charge is -1.90. The third kappa shape index (κ3) is 2.09. The maximum absolute atomic E-state index is 10.4. The molecular weight excluding hydrogens is 152 g/mol. The molecule has 2 nitrogen and oxygen atoms in total. The number of aryl methyl sites for hydroxylation is 1. The second-order valence-corrected chi connectivity index (χ2v) is 2.64. The van der Waals surface area contributed by atoms with Gasteiger partial charge in [0.2, 0.25) is 0 Å². The van der Waals surface area contributed by atoms with Crippen LogP contribution < -0.4 is 0 Å². The fraction of sp³-hybridized carbons (Fsp3) is 0.300. The van der Waals surface area contributed by atoms with E-state index in [1.807, 2.05) is 26.0 Å². The van der Waals surface area contributed by atoms with Gasteiger partial charge in [-0.3, -0.25) is 4.79 Å². The van der Waals surface area contributed by atoms with E-state index >= 15 is 0 Å². The summed E-state index contributed by atoms with van der Waals surface area (Å²) in [6.07, 6.45) is 3.36. The van der Waals surface area contributed by atoms with E-state index in [4.69, 9.17) is 4.42 Å². The second-order valence-electron chi connectivity index (χ2n) is 2.64. The summed E-state index contributed by atoms with van der Waals surface area (Å²) in [4.78, 5) is 10.4. The molecule has 1 rings (SSSR count). The number of carbonyl (C=O) groups excluding carboxylic acids is 1. The summed E-state index contributed by atoms with van der Waals surface area (Å²) in [5.74, 6) is 1.61. The summed E-state index contributed by atoms with van der Waals surface area (Å²) < 4.78 is 5.28. The normalized spacial score (nSPS) is 11.7. The first-order chi connectivity index (χ1) is 5.76. The summed E-state index contributed by atoms with van der Waals surface area (Å²) >= 11 is 0. The number of aldehydes is 1. The molecule has 0 aliphatic rings. The van der Waals surface area contributed by atoms with Gasteiger partial charge in [0.05, 0.1) is 0 Å². The minimum absolute atomic E-state index is 0.739. The van der Waals surface area contributed by atoms with Crippen molar-refractivity contribution in [1.29, 1.82) is 0 Å². The van der Waals surface area contributed by atoms with Gasteiger partial charge < -0.3 is 4.42 Å². The Hall–Kier alpha value is -1.31. The number of hydrogen-bond acceptors (Lipinski definition) is 2. The van der Waals surface area contributed by atoms with Crippen molar-refractivity contribution in [3.05, 3.63) is 29.2 Å². The van der Waals surface area contributed by atoms with Crippen molar-refractivity contribution in [2.75, 3.05) is 0 Å². The molecule has 12 heavy (non-hydrogen) atoms. The van der Waals surface area contributed by atoms with Gasteiger partial charge in [0.15, 0.2) is 0 Å². The molecule has 0 unspecified atom stereocenters. The molecule has 64 valence electrons. The third-order valence-corrected chi connectivity index (χ3v) is 1.65. The zero-order valence-corrected chi connectivity index (χ0v) is 7.33. The van der Waals surface area contributed by atoms with Crippen LogP contribution in [0.3, 0.4) is 0 Å². The standard InChI is InChI=1S/C10H12O2/c1-3-9(7-11)6-10-5-4-8(2)12-10/h4-7H,3H2,1-2H3/b9-6-. The van der Waals surface area contributed by atoms with Crippen LogP contribution in [-0.4, -0.2) is 6.29 Å². The third-order valence-electron chi connectivity index (χ3n) is 1.65. The van der Waals surface area contributed by atoms with Gasteiger partial charge in [-0.2, -0.15) is 0 Å². The van der Waals surface area contributed by atoms with Crippen molar-refractivity contribution >= 4 is 12.4 Å². The smallest absolute Gasteiger partial charge is 0.146 e. The molecule has 0 atom stereocenters. The van der Waals surface area contributed by atoms with Crippen LogP contribution in [0.1, 0.15) is 24.9 Å². The van der Waals surface area contributed by atoms with Crippen molar-refractivity contribution in [2.24, 2.45) is 0 Å². The van der Waals surface area contributed by atoms with Crippen molar-refractivity contribution < 1.29 is 9.21 Å². The average Bonchev–Trinajstić information content (AvgIpc) is 2.47. The van der Waals surface area contributed by atoms with Crippen LogP contribution >= 0.6 is 0 Å². The Labute approximate surface area is 71.9 Å². The van der Waals surface area contributed by atoms with Crippen LogP contribution in [0.5, 0.6) is 0 Å². The number of rotatable bonds is 3. The van der Waals surface area contributed by atoms with Gasteiger partial charge in [-0.25, -0.2) is 0 Å². The first-order valence-corrected chi connectivity index (χ1v) is 3.98. The first-order valence-electron chi connectivity index (χ1n) is 3.98. The molecule has 0 aliphatic heterocycles. The van der Waals surface area contributed by atoms with Crippen LogP contribution in [0, 0.1) is 6.92 Å². The van der Waals surface area contributed by atoms with E-state index in [-0.39, 0.29) is 0 Å². The van der Waals surface area contributed by atoms with Crippen LogP contribution in [0.15, 0.2) is 22.1 Å². The molecule has 1 aromatic heterocycles. The predicted octanol–water partition coefficient (Wildman–Crippen LogP) is 2.58. The van der Waals surface area contributed by atoms with Crippen molar-refractivity contribution in [2.45, 2.75) is 20.3 Å². The van der Waals surface area contributed by atoms with E-state index in [1.54, 1.807) is 6.08 Å². The van der Waals surface area contributed by atoms with Crippen LogP contribution in [-0.2, 0) is 4.79 Å². The Bertz CT molecular complexity index is 295. The van der Waals surface area contributed by atoms with E-state index in [9.17, 15) is 4.79 Å². The Morgan fingerprint density at radius 3 is 2.75 bits per heavy atom. The molecule has 0 amide bonds. The Kier molecular flexibility index (Phi) is 2.86. The largest absolute Gasteiger partial charge is 0.462 e. The van der Waals surface area contributed by atoms with E-state index in [1.165, 1.54) is 0 Å². The summed E-state index contributed by atoms with van der Waals surface area (Å²) in [7, 11) is 0. The van der Waals surface area contributed by atoms with E-state index in [0.717, 1.165) is 29.8 Å². The average molecular weight is 164 g/mol.